The zero-order valence-electron chi connectivity index (χ0n) is 30.0. The summed E-state index contributed by atoms with van der Waals surface area (Å²) in [5.41, 5.74) is 13.3. The van der Waals surface area contributed by atoms with E-state index in [1.54, 1.807) is 0 Å². The van der Waals surface area contributed by atoms with E-state index >= 15 is 0 Å². The van der Waals surface area contributed by atoms with Crippen LogP contribution in [0.5, 0.6) is 0 Å². The zero-order valence-corrected chi connectivity index (χ0v) is 30.0. The summed E-state index contributed by atoms with van der Waals surface area (Å²) in [5.74, 6) is 0. The maximum absolute atomic E-state index is 6.59. The standard InChI is InChI=1S/C50H31N5O/c1-3-15-32(16-4-1)48-49(55(52-51-48)33-17-5-2-6-18-33)40-24-14-27-43-46(40)38-22-7-10-25-41(38)53(43)34-19-13-20-35(31-34)54-42-26-11-8-23-39(42)47-44(54)30-29-37-36-21-9-12-28-45(36)56-50(37)47/h1-31H. The van der Waals surface area contributed by atoms with Crippen molar-refractivity contribution in [2.24, 2.45) is 0 Å². The lowest BCUT2D eigenvalue weighted by Gasteiger charge is -2.13. The van der Waals surface area contributed by atoms with Crippen molar-refractivity contribution in [1.29, 1.82) is 0 Å². The summed E-state index contributed by atoms with van der Waals surface area (Å²) in [6.45, 7) is 0. The van der Waals surface area contributed by atoms with Gasteiger partial charge in [0.05, 0.1) is 33.1 Å². The van der Waals surface area contributed by atoms with Gasteiger partial charge in [-0.15, -0.1) is 5.10 Å². The SMILES string of the molecule is c1ccc(-c2nnn(-c3ccccc3)c2-c2cccc3c2c2ccccc2n3-c2cccc(-n3c4ccccc4c4c5oc6ccccc6c5ccc43)c2)cc1. The number of aromatic nitrogens is 5. The minimum Gasteiger partial charge on any atom is -0.455 e. The number of hydrogen-bond donors (Lipinski definition) is 0. The molecule has 0 spiro atoms. The molecular weight excluding hydrogens is 687 g/mol. The first-order chi connectivity index (χ1) is 27.8. The van der Waals surface area contributed by atoms with Crippen LogP contribution in [0.3, 0.4) is 0 Å². The monoisotopic (exact) mass is 717 g/mol. The van der Waals surface area contributed by atoms with E-state index in [2.05, 4.69) is 167 Å². The maximum atomic E-state index is 6.59. The van der Waals surface area contributed by atoms with Crippen LogP contribution in [0, 0.1) is 0 Å². The largest absolute Gasteiger partial charge is 0.455 e. The molecule has 0 N–H and O–H groups in total. The van der Waals surface area contributed by atoms with E-state index in [1.165, 1.54) is 0 Å². The second-order valence-electron chi connectivity index (χ2n) is 14.3. The zero-order chi connectivity index (χ0) is 36.7. The summed E-state index contributed by atoms with van der Waals surface area (Å²) in [6, 6.07) is 66.2. The van der Waals surface area contributed by atoms with Crippen molar-refractivity contribution in [1.82, 2.24) is 24.1 Å². The van der Waals surface area contributed by atoms with Crippen molar-refractivity contribution in [3.8, 4) is 39.6 Å². The average Bonchev–Trinajstić information content (AvgIpc) is 4.04. The van der Waals surface area contributed by atoms with Crippen molar-refractivity contribution in [2.45, 2.75) is 0 Å². The van der Waals surface area contributed by atoms with Gasteiger partial charge in [0.1, 0.15) is 22.6 Å². The maximum Gasteiger partial charge on any atom is 0.145 e. The molecule has 8 aromatic carbocycles. The van der Waals surface area contributed by atoms with Gasteiger partial charge < -0.3 is 13.6 Å². The van der Waals surface area contributed by atoms with Crippen LogP contribution in [-0.4, -0.2) is 24.1 Å². The molecule has 0 amide bonds. The highest BCUT2D eigenvalue weighted by Crippen LogP contribution is 2.43. The van der Waals surface area contributed by atoms with E-state index < -0.39 is 0 Å². The molecule has 6 heteroatoms. The third-order valence-corrected chi connectivity index (χ3v) is 11.2. The molecular formula is C50H31N5O. The van der Waals surface area contributed by atoms with Crippen molar-refractivity contribution in [3.63, 3.8) is 0 Å². The minimum absolute atomic E-state index is 0.839. The molecule has 0 saturated heterocycles. The van der Waals surface area contributed by atoms with Crippen molar-refractivity contribution in [2.75, 3.05) is 0 Å². The number of nitrogens with zero attached hydrogens (tertiary/aromatic N) is 5. The Morgan fingerprint density at radius 1 is 0.411 bits per heavy atom. The Balaban J connectivity index is 1.11. The molecule has 0 radical (unpaired) electrons. The predicted molar refractivity (Wildman–Crippen MR) is 228 cm³/mol. The fraction of sp³-hybridized carbons (Fsp3) is 0. The summed E-state index contributed by atoms with van der Waals surface area (Å²) >= 11 is 0. The molecule has 12 aromatic rings. The van der Waals surface area contributed by atoms with Gasteiger partial charge in [0.15, 0.2) is 0 Å². The summed E-state index contributed by atoms with van der Waals surface area (Å²) in [4.78, 5) is 0. The van der Waals surface area contributed by atoms with E-state index in [9.17, 15) is 0 Å². The first kappa shape index (κ1) is 30.7. The second kappa shape index (κ2) is 11.9. The van der Waals surface area contributed by atoms with Crippen molar-refractivity contribution < 1.29 is 4.42 Å². The summed E-state index contributed by atoms with van der Waals surface area (Å²) in [5, 5.41) is 16.4. The molecule has 0 unspecified atom stereocenters. The number of hydrogen-bond acceptors (Lipinski definition) is 3. The minimum atomic E-state index is 0.839. The summed E-state index contributed by atoms with van der Waals surface area (Å²) in [6.07, 6.45) is 0. The Hall–Kier alpha value is -7.70. The molecule has 0 aliphatic heterocycles. The quantitative estimate of drug-likeness (QED) is 0.178. The second-order valence-corrected chi connectivity index (χ2v) is 14.3. The van der Waals surface area contributed by atoms with Crippen LogP contribution in [0.4, 0.5) is 0 Å². The van der Waals surface area contributed by atoms with Crippen LogP contribution in [0.25, 0.3) is 105 Å². The van der Waals surface area contributed by atoms with Gasteiger partial charge in [-0.3, -0.25) is 0 Å². The van der Waals surface area contributed by atoms with E-state index in [4.69, 9.17) is 14.7 Å². The van der Waals surface area contributed by atoms with E-state index in [0.29, 0.717) is 0 Å². The number of furan rings is 1. The molecule has 0 aliphatic carbocycles. The predicted octanol–water partition coefficient (Wildman–Crippen LogP) is 12.7. The highest BCUT2D eigenvalue weighted by molar-refractivity contribution is 6.24. The molecule has 12 rings (SSSR count). The van der Waals surface area contributed by atoms with Gasteiger partial charge in [0, 0.05) is 49.4 Å². The molecule has 4 heterocycles. The van der Waals surface area contributed by atoms with Crippen LogP contribution >= 0.6 is 0 Å². The normalized spacial score (nSPS) is 11.9. The van der Waals surface area contributed by atoms with Crippen LogP contribution in [0.1, 0.15) is 0 Å². The van der Waals surface area contributed by atoms with Crippen LogP contribution in [0.2, 0.25) is 0 Å². The van der Waals surface area contributed by atoms with E-state index in [0.717, 1.165) is 105 Å². The van der Waals surface area contributed by atoms with Gasteiger partial charge >= 0.3 is 0 Å². The topological polar surface area (TPSA) is 53.7 Å². The highest BCUT2D eigenvalue weighted by atomic mass is 16.3. The molecule has 262 valence electrons. The molecule has 0 fully saturated rings. The van der Waals surface area contributed by atoms with Crippen LogP contribution in [0.15, 0.2) is 192 Å². The van der Waals surface area contributed by atoms with E-state index in [1.807, 2.05) is 35.0 Å². The van der Waals surface area contributed by atoms with Gasteiger partial charge in [-0.05, 0) is 66.7 Å². The van der Waals surface area contributed by atoms with Crippen molar-refractivity contribution in [3.05, 3.63) is 188 Å². The molecule has 4 aromatic heterocycles. The fourth-order valence-corrected chi connectivity index (χ4v) is 8.84. The smallest absolute Gasteiger partial charge is 0.145 e. The number of para-hydroxylation sites is 4. The molecule has 0 saturated carbocycles. The third-order valence-electron chi connectivity index (χ3n) is 11.2. The van der Waals surface area contributed by atoms with Gasteiger partial charge in [-0.2, -0.15) is 0 Å². The lowest BCUT2D eigenvalue weighted by molar-refractivity contribution is 0.673. The van der Waals surface area contributed by atoms with Crippen LogP contribution < -0.4 is 0 Å². The number of benzene rings is 8. The Morgan fingerprint density at radius 3 is 1.73 bits per heavy atom. The van der Waals surface area contributed by atoms with Gasteiger partial charge in [-0.1, -0.05) is 127 Å². The lowest BCUT2D eigenvalue weighted by atomic mass is 9.99. The average molecular weight is 718 g/mol. The van der Waals surface area contributed by atoms with E-state index in [-0.39, 0.29) is 0 Å². The van der Waals surface area contributed by atoms with Crippen LogP contribution in [-0.2, 0) is 0 Å². The Bertz CT molecular complexity index is 3420. The molecule has 0 aliphatic rings. The third kappa shape index (κ3) is 4.38. The summed E-state index contributed by atoms with van der Waals surface area (Å²) < 4.78 is 13.3. The Kier molecular flexibility index (Phi) is 6.53. The molecule has 6 nitrogen and oxygen atoms in total. The van der Waals surface area contributed by atoms with Gasteiger partial charge in [0.2, 0.25) is 0 Å². The first-order valence-electron chi connectivity index (χ1n) is 18.9. The molecule has 56 heavy (non-hydrogen) atoms. The number of fused-ring (bicyclic) bond motifs is 10. The summed E-state index contributed by atoms with van der Waals surface area (Å²) in [7, 11) is 0. The van der Waals surface area contributed by atoms with Crippen molar-refractivity contribution >= 4 is 65.6 Å². The molecule has 0 bridgehead atoms. The molecule has 0 atom stereocenters. The first-order valence-corrected chi connectivity index (χ1v) is 18.9. The number of rotatable bonds is 5. The highest BCUT2D eigenvalue weighted by Gasteiger charge is 2.24. The fourth-order valence-electron chi connectivity index (χ4n) is 8.84. The Labute approximate surface area is 320 Å². The van der Waals surface area contributed by atoms with Gasteiger partial charge in [0.25, 0.3) is 0 Å². The Morgan fingerprint density at radius 2 is 0.982 bits per heavy atom. The van der Waals surface area contributed by atoms with Gasteiger partial charge in [-0.25, -0.2) is 4.68 Å². The lowest BCUT2D eigenvalue weighted by Crippen LogP contribution is -2.00.